The Kier molecular flexibility index (Phi) is 6.52. The highest BCUT2D eigenvalue weighted by molar-refractivity contribution is 7.13. The van der Waals surface area contributed by atoms with E-state index in [9.17, 15) is 9.59 Å². The van der Waals surface area contributed by atoms with Gasteiger partial charge in [0.05, 0.1) is 17.1 Å². The number of hydrogen-bond acceptors (Lipinski definition) is 5. The first-order valence-electron chi connectivity index (χ1n) is 7.28. The van der Waals surface area contributed by atoms with Crippen LogP contribution in [0.15, 0.2) is 42.3 Å². The summed E-state index contributed by atoms with van der Waals surface area (Å²) in [5.74, 6) is -0.870. The molecule has 0 bridgehead atoms. The van der Waals surface area contributed by atoms with Crippen LogP contribution in [0.1, 0.15) is 12.6 Å². The van der Waals surface area contributed by atoms with Crippen molar-refractivity contribution in [1.29, 1.82) is 0 Å². The minimum Gasteiger partial charge on any atom is -0.452 e. The Bertz CT molecular complexity index is 745. The smallest absolute Gasteiger partial charge is 0.312 e. The van der Waals surface area contributed by atoms with Gasteiger partial charge in [0, 0.05) is 17.5 Å². The second-order valence-electron chi connectivity index (χ2n) is 4.97. The second kappa shape index (κ2) is 8.61. The Hall–Kier alpha value is -2.18. The second-order valence-corrected chi connectivity index (χ2v) is 6.23. The van der Waals surface area contributed by atoms with Crippen molar-refractivity contribution in [2.24, 2.45) is 0 Å². The third kappa shape index (κ3) is 4.91. The van der Waals surface area contributed by atoms with E-state index in [2.05, 4.69) is 16.9 Å². The van der Waals surface area contributed by atoms with Crippen molar-refractivity contribution in [3.63, 3.8) is 0 Å². The van der Waals surface area contributed by atoms with E-state index in [4.69, 9.17) is 16.3 Å². The summed E-state index contributed by atoms with van der Waals surface area (Å²) in [7, 11) is 0. The van der Waals surface area contributed by atoms with Gasteiger partial charge in [0.1, 0.15) is 5.01 Å². The van der Waals surface area contributed by atoms with Gasteiger partial charge >= 0.3 is 5.97 Å². The van der Waals surface area contributed by atoms with Crippen LogP contribution in [-0.2, 0) is 20.7 Å². The summed E-state index contributed by atoms with van der Waals surface area (Å²) in [6.07, 6.45) is 0.692. The molecule has 1 aromatic carbocycles. The number of aromatic nitrogens is 1. The lowest BCUT2D eigenvalue weighted by molar-refractivity contribution is -0.154. The van der Waals surface area contributed by atoms with Gasteiger partial charge in [0.15, 0.2) is 6.10 Å². The topological polar surface area (TPSA) is 68.3 Å². The summed E-state index contributed by atoms with van der Waals surface area (Å²) in [6.45, 7) is 5.35. The highest BCUT2D eigenvalue weighted by atomic mass is 35.5. The number of hydrogen-bond donors (Lipinski definition) is 1. The number of nitrogens with zero attached hydrogens (tertiary/aromatic N) is 1. The van der Waals surface area contributed by atoms with E-state index in [0.29, 0.717) is 17.3 Å². The highest BCUT2D eigenvalue weighted by Gasteiger charge is 2.18. The van der Waals surface area contributed by atoms with E-state index in [1.54, 1.807) is 17.5 Å². The molecule has 7 heteroatoms. The summed E-state index contributed by atoms with van der Waals surface area (Å²) in [5.41, 5.74) is 1.40. The van der Waals surface area contributed by atoms with Gasteiger partial charge < -0.3 is 10.1 Å². The Labute approximate surface area is 149 Å². The molecule has 0 aliphatic heterocycles. The average Bonchev–Trinajstić information content (AvgIpc) is 3.00. The molecule has 0 aliphatic rings. The third-order valence-corrected chi connectivity index (χ3v) is 4.33. The number of benzene rings is 1. The van der Waals surface area contributed by atoms with Crippen LogP contribution in [0, 0.1) is 0 Å². The zero-order chi connectivity index (χ0) is 17.5. The highest BCUT2D eigenvalue weighted by Crippen LogP contribution is 2.30. The molecule has 1 atom stereocenters. The Morgan fingerprint density at radius 3 is 2.92 bits per heavy atom. The molecule has 2 rings (SSSR count). The number of esters is 1. The van der Waals surface area contributed by atoms with Crippen molar-refractivity contribution in [2.45, 2.75) is 19.4 Å². The lowest BCUT2D eigenvalue weighted by Crippen LogP contribution is -2.36. The molecule has 24 heavy (non-hydrogen) atoms. The molecule has 0 aliphatic carbocycles. The van der Waals surface area contributed by atoms with Gasteiger partial charge in [-0.1, -0.05) is 35.9 Å². The van der Waals surface area contributed by atoms with E-state index < -0.39 is 12.1 Å². The van der Waals surface area contributed by atoms with Crippen LogP contribution < -0.4 is 5.32 Å². The van der Waals surface area contributed by atoms with Crippen LogP contribution in [0.2, 0.25) is 5.02 Å². The maximum absolute atomic E-state index is 11.9. The van der Waals surface area contributed by atoms with Crippen LogP contribution >= 0.6 is 22.9 Å². The molecule has 1 amide bonds. The normalized spacial score (nSPS) is 11.6. The van der Waals surface area contributed by atoms with Crippen LogP contribution in [-0.4, -0.2) is 29.5 Å². The Morgan fingerprint density at radius 2 is 2.21 bits per heavy atom. The number of rotatable bonds is 7. The molecule has 0 spiro atoms. The minimum absolute atomic E-state index is 0.0000307. The quantitative estimate of drug-likeness (QED) is 0.605. The molecule has 1 aromatic heterocycles. The van der Waals surface area contributed by atoms with Gasteiger partial charge in [-0.05, 0) is 13.0 Å². The number of thiazole rings is 1. The Balaban J connectivity index is 1.95. The molecular formula is C17H17ClN2O3S. The van der Waals surface area contributed by atoms with Crippen molar-refractivity contribution in [3.8, 4) is 10.6 Å². The molecule has 2 aromatic rings. The summed E-state index contributed by atoms with van der Waals surface area (Å²) in [6, 6.07) is 7.38. The largest absolute Gasteiger partial charge is 0.452 e. The predicted octanol–water partition coefficient (Wildman–Crippen LogP) is 3.24. The minimum atomic E-state index is -0.862. The van der Waals surface area contributed by atoms with Crippen LogP contribution in [0.25, 0.3) is 10.6 Å². The fourth-order valence-corrected chi connectivity index (χ4v) is 3.04. The van der Waals surface area contributed by atoms with E-state index in [1.807, 2.05) is 18.2 Å². The molecule has 5 nitrogen and oxygen atoms in total. The first-order valence-corrected chi connectivity index (χ1v) is 8.54. The maximum atomic E-state index is 11.9. The zero-order valence-corrected chi connectivity index (χ0v) is 14.7. The van der Waals surface area contributed by atoms with E-state index in [-0.39, 0.29) is 12.3 Å². The van der Waals surface area contributed by atoms with Gasteiger partial charge in [-0.2, -0.15) is 0 Å². The molecule has 0 saturated carbocycles. The predicted molar refractivity (Wildman–Crippen MR) is 95.0 cm³/mol. The molecule has 0 fully saturated rings. The standard InChI is InChI=1S/C17H17ClN2O3S/c1-3-8-19-16(22)11(2)23-15(21)9-12-10-24-17(20-12)13-6-4-5-7-14(13)18/h3-7,10-11H,1,8-9H2,2H3,(H,19,22)/t11-/m0/s1. The molecule has 0 unspecified atom stereocenters. The SMILES string of the molecule is C=CCNC(=O)[C@H](C)OC(=O)Cc1csc(-c2ccccc2Cl)n1. The zero-order valence-electron chi connectivity index (χ0n) is 13.1. The lowest BCUT2D eigenvalue weighted by atomic mass is 10.2. The van der Waals surface area contributed by atoms with Crippen LogP contribution in [0.3, 0.4) is 0 Å². The molecule has 0 radical (unpaired) electrons. The number of carbonyl (C=O) groups excluding carboxylic acids is 2. The van der Waals surface area contributed by atoms with Crippen molar-refractivity contribution < 1.29 is 14.3 Å². The van der Waals surface area contributed by atoms with Crippen LogP contribution in [0.5, 0.6) is 0 Å². The summed E-state index contributed by atoms with van der Waals surface area (Å²) >= 11 is 7.54. The lowest BCUT2D eigenvalue weighted by Gasteiger charge is -2.12. The fourth-order valence-electron chi connectivity index (χ4n) is 1.90. The third-order valence-electron chi connectivity index (χ3n) is 3.08. The van der Waals surface area contributed by atoms with E-state index in [1.165, 1.54) is 18.3 Å². The first kappa shape index (κ1) is 18.2. The molecular weight excluding hydrogens is 348 g/mol. The van der Waals surface area contributed by atoms with Crippen molar-refractivity contribution in [3.05, 3.63) is 53.0 Å². The number of carbonyl (C=O) groups is 2. The number of nitrogens with one attached hydrogen (secondary N) is 1. The summed E-state index contributed by atoms with van der Waals surface area (Å²) in [4.78, 5) is 28.0. The summed E-state index contributed by atoms with van der Waals surface area (Å²) in [5, 5.41) is 5.69. The van der Waals surface area contributed by atoms with Gasteiger partial charge in [-0.3, -0.25) is 9.59 Å². The number of halogens is 1. The van der Waals surface area contributed by atoms with E-state index in [0.717, 1.165) is 10.6 Å². The van der Waals surface area contributed by atoms with Gasteiger partial charge in [0.2, 0.25) is 0 Å². The van der Waals surface area contributed by atoms with E-state index >= 15 is 0 Å². The monoisotopic (exact) mass is 364 g/mol. The first-order chi connectivity index (χ1) is 11.5. The Morgan fingerprint density at radius 1 is 1.46 bits per heavy atom. The maximum Gasteiger partial charge on any atom is 0.312 e. The van der Waals surface area contributed by atoms with Crippen molar-refractivity contribution >= 4 is 34.8 Å². The van der Waals surface area contributed by atoms with Gasteiger partial charge in [0.25, 0.3) is 5.91 Å². The molecule has 1 heterocycles. The fraction of sp³-hybridized carbons (Fsp3) is 0.235. The molecule has 1 N–H and O–H groups in total. The molecule has 0 saturated heterocycles. The molecule has 126 valence electrons. The van der Waals surface area contributed by atoms with Gasteiger partial charge in [-0.25, -0.2) is 4.98 Å². The van der Waals surface area contributed by atoms with Crippen molar-refractivity contribution in [1.82, 2.24) is 10.3 Å². The average molecular weight is 365 g/mol. The van der Waals surface area contributed by atoms with Gasteiger partial charge in [-0.15, -0.1) is 17.9 Å². The van der Waals surface area contributed by atoms with Crippen LogP contribution in [0.4, 0.5) is 0 Å². The summed E-state index contributed by atoms with van der Waals surface area (Å²) < 4.78 is 5.11. The van der Waals surface area contributed by atoms with Crippen molar-refractivity contribution in [2.75, 3.05) is 6.54 Å². The number of amides is 1. The number of ether oxygens (including phenoxy) is 1.